The zero-order valence-corrected chi connectivity index (χ0v) is 25.3. The van der Waals surface area contributed by atoms with Crippen molar-refractivity contribution in [1.82, 2.24) is 0 Å². The fraction of sp³-hybridized carbons (Fsp3) is 0.958. The highest BCUT2D eigenvalue weighted by molar-refractivity contribution is 7.99. The number of carbonyl (C=O) groups is 1. The van der Waals surface area contributed by atoms with Crippen molar-refractivity contribution < 1.29 is 18.4 Å². The lowest BCUT2D eigenvalue weighted by atomic mass is 9.84. The molecule has 0 N–H and O–H groups in total. The minimum absolute atomic E-state index is 0.0463. The molecule has 1 rings (SSSR count). The molecule has 0 bridgehead atoms. The molecule has 184 valence electrons. The summed E-state index contributed by atoms with van der Waals surface area (Å²) in [6.07, 6.45) is 1.24. The Morgan fingerprint density at radius 3 is 1.90 bits per heavy atom. The Kier molecular flexibility index (Phi) is 10.2. The first kappa shape index (κ1) is 29.4. The Hall–Kier alpha value is 0.334. The molecule has 1 aliphatic rings. The Balaban J connectivity index is 3.12. The van der Waals surface area contributed by atoms with Crippen LogP contribution >= 0.6 is 11.8 Å². The molecular formula is C24H50O4SSi2. The molecule has 0 aromatic rings. The van der Waals surface area contributed by atoms with Crippen molar-refractivity contribution in [2.75, 3.05) is 5.75 Å². The number of carbonyl (C=O) groups excluding carboxylic acids is 1. The summed E-state index contributed by atoms with van der Waals surface area (Å²) in [5.74, 6) is 1.52. The van der Waals surface area contributed by atoms with Gasteiger partial charge in [-0.1, -0.05) is 62.3 Å². The molecule has 31 heavy (non-hydrogen) atoms. The van der Waals surface area contributed by atoms with E-state index in [1.54, 1.807) is 0 Å². The van der Waals surface area contributed by atoms with Gasteiger partial charge >= 0.3 is 0 Å². The average molecular weight is 491 g/mol. The predicted molar refractivity (Wildman–Crippen MR) is 140 cm³/mol. The number of hydrogen-bond acceptors (Lipinski definition) is 5. The molecule has 0 saturated carbocycles. The molecule has 0 aliphatic carbocycles. The molecule has 1 fully saturated rings. The van der Waals surface area contributed by atoms with Gasteiger partial charge in [-0.25, -0.2) is 0 Å². The van der Waals surface area contributed by atoms with Crippen LogP contribution in [0.1, 0.15) is 68.7 Å². The highest BCUT2D eigenvalue weighted by Gasteiger charge is 2.48. The smallest absolute Gasteiger partial charge is 0.193 e. The third-order valence-electron chi connectivity index (χ3n) is 7.80. The van der Waals surface area contributed by atoms with Crippen molar-refractivity contribution in [2.45, 2.75) is 129 Å². The molecule has 0 radical (unpaired) electrons. The van der Waals surface area contributed by atoms with E-state index in [2.05, 4.69) is 88.5 Å². The molecule has 1 saturated heterocycles. The van der Waals surface area contributed by atoms with Gasteiger partial charge in [0.15, 0.2) is 16.6 Å². The lowest BCUT2D eigenvalue weighted by Gasteiger charge is -2.50. The van der Waals surface area contributed by atoms with Gasteiger partial charge in [0.25, 0.3) is 0 Å². The first-order valence-electron chi connectivity index (χ1n) is 12.0. The van der Waals surface area contributed by atoms with Gasteiger partial charge in [0.2, 0.25) is 0 Å². The van der Waals surface area contributed by atoms with Crippen LogP contribution in [0.4, 0.5) is 0 Å². The van der Waals surface area contributed by atoms with Crippen molar-refractivity contribution in [3.63, 3.8) is 0 Å². The predicted octanol–water partition coefficient (Wildman–Crippen LogP) is 7.11. The fourth-order valence-electron chi connectivity index (χ4n) is 3.54. The summed E-state index contributed by atoms with van der Waals surface area (Å²) in [7, 11) is -3.97. The van der Waals surface area contributed by atoms with Crippen LogP contribution in [0.25, 0.3) is 0 Å². The van der Waals surface area contributed by atoms with Gasteiger partial charge in [-0.3, -0.25) is 0 Å². The van der Waals surface area contributed by atoms with Crippen LogP contribution in [-0.2, 0) is 18.4 Å². The molecule has 0 unspecified atom stereocenters. The quantitative estimate of drug-likeness (QED) is 0.254. The standard InChI is InChI=1S/C24H50O4SSi2/c1-14-29-22-18(3)21(28-31(12,13)24(7,8)9)17(2)20(26-22)15-19(16-25)27-30(10,11)23(4,5)6/h16-22H,14-15H2,1-13H3/t17-,18+,19-,20-,21-,22+/m0/s1. The summed E-state index contributed by atoms with van der Waals surface area (Å²) >= 11 is 1.85. The topological polar surface area (TPSA) is 44.8 Å². The fourth-order valence-corrected chi connectivity index (χ4v) is 7.27. The number of ether oxygens (including phenoxy) is 1. The molecule has 6 atom stereocenters. The second-order valence-electron chi connectivity index (χ2n) is 12.3. The van der Waals surface area contributed by atoms with Crippen molar-refractivity contribution >= 4 is 34.7 Å². The summed E-state index contributed by atoms with van der Waals surface area (Å²) < 4.78 is 20.0. The number of hydrogen-bond donors (Lipinski definition) is 0. The van der Waals surface area contributed by atoms with Crippen molar-refractivity contribution in [1.29, 1.82) is 0 Å². The van der Waals surface area contributed by atoms with Crippen LogP contribution in [0.5, 0.6) is 0 Å². The molecule has 0 amide bonds. The van der Waals surface area contributed by atoms with Crippen LogP contribution in [0.15, 0.2) is 0 Å². The third-order valence-corrected chi connectivity index (χ3v) is 18.0. The molecular weight excluding hydrogens is 440 g/mol. The van der Waals surface area contributed by atoms with E-state index in [0.717, 1.165) is 12.0 Å². The molecule has 1 aliphatic heterocycles. The molecule has 1 heterocycles. The normalized spacial score (nSPS) is 29.6. The monoisotopic (exact) mass is 490 g/mol. The Morgan fingerprint density at radius 2 is 1.48 bits per heavy atom. The van der Waals surface area contributed by atoms with E-state index in [-0.39, 0.29) is 33.6 Å². The maximum absolute atomic E-state index is 12.0. The van der Waals surface area contributed by atoms with Gasteiger partial charge in [0.1, 0.15) is 17.8 Å². The number of rotatable bonds is 9. The van der Waals surface area contributed by atoms with Crippen LogP contribution < -0.4 is 0 Å². The SMILES string of the molecule is CCS[C@H]1O[C@@H](C[C@@H](C=O)O[Si](C)(C)C(C)(C)C)[C@H](C)[C@H](O[Si](C)(C)C(C)(C)C)[C@H]1C. The van der Waals surface area contributed by atoms with Gasteiger partial charge in [-0.05, 0) is 42.0 Å². The summed E-state index contributed by atoms with van der Waals surface area (Å²) in [4.78, 5) is 12.0. The van der Waals surface area contributed by atoms with E-state index >= 15 is 0 Å². The van der Waals surface area contributed by atoms with E-state index in [1.165, 1.54) is 0 Å². The van der Waals surface area contributed by atoms with E-state index in [4.69, 9.17) is 13.6 Å². The maximum atomic E-state index is 12.0. The van der Waals surface area contributed by atoms with Crippen LogP contribution in [-0.4, -0.2) is 52.4 Å². The van der Waals surface area contributed by atoms with Crippen molar-refractivity contribution in [2.24, 2.45) is 11.8 Å². The number of aldehydes is 1. The minimum atomic E-state index is -2.04. The van der Waals surface area contributed by atoms with Crippen LogP contribution in [0.2, 0.25) is 36.3 Å². The van der Waals surface area contributed by atoms with Crippen LogP contribution in [0, 0.1) is 11.8 Å². The highest BCUT2D eigenvalue weighted by atomic mass is 32.2. The Morgan fingerprint density at radius 1 is 0.968 bits per heavy atom. The Bertz CT molecular complexity index is 583. The third kappa shape index (κ3) is 7.41. The summed E-state index contributed by atoms with van der Waals surface area (Å²) in [5.41, 5.74) is 0.0844. The lowest BCUT2D eigenvalue weighted by Crippen LogP contribution is -2.55. The van der Waals surface area contributed by atoms with Gasteiger partial charge in [-0.2, -0.15) is 0 Å². The second-order valence-corrected chi connectivity index (χ2v) is 23.2. The minimum Gasteiger partial charge on any atom is -0.413 e. The van der Waals surface area contributed by atoms with Gasteiger partial charge in [0.05, 0.1) is 12.2 Å². The zero-order valence-electron chi connectivity index (χ0n) is 22.5. The first-order chi connectivity index (χ1) is 13.9. The maximum Gasteiger partial charge on any atom is 0.193 e. The molecule has 7 heteroatoms. The average Bonchev–Trinajstić information content (AvgIpc) is 2.60. The zero-order chi connectivity index (χ0) is 24.4. The summed E-state index contributed by atoms with van der Waals surface area (Å²) in [5, 5.41) is 0.223. The van der Waals surface area contributed by atoms with E-state index in [0.29, 0.717) is 12.3 Å². The highest BCUT2D eigenvalue weighted by Crippen LogP contribution is 2.45. The number of thioether (sulfide) groups is 1. The molecule has 0 spiro atoms. The van der Waals surface area contributed by atoms with Gasteiger partial charge in [0, 0.05) is 18.3 Å². The largest absolute Gasteiger partial charge is 0.413 e. The molecule has 0 aromatic heterocycles. The summed E-state index contributed by atoms with van der Waals surface area (Å²) in [6.45, 7) is 29.2. The second kappa shape index (κ2) is 10.7. The lowest BCUT2D eigenvalue weighted by molar-refractivity contribution is -0.140. The van der Waals surface area contributed by atoms with E-state index < -0.39 is 22.7 Å². The first-order valence-corrected chi connectivity index (χ1v) is 18.8. The summed E-state index contributed by atoms with van der Waals surface area (Å²) in [6, 6.07) is 0. The van der Waals surface area contributed by atoms with Gasteiger partial charge < -0.3 is 18.4 Å². The van der Waals surface area contributed by atoms with Crippen LogP contribution in [0.3, 0.4) is 0 Å². The van der Waals surface area contributed by atoms with E-state index in [1.807, 2.05) is 11.8 Å². The van der Waals surface area contributed by atoms with E-state index in [9.17, 15) is 4.79 Å². The van der Waals surface area contributed by atoms with Crippen molar-refractivity contribution in [3.8, 4) is 0 Å². The molecule has 4 nitrogen and oxygen atoms in total. The molecule has 0 aromatic carbocycles. The van der Waals surface area contributed by atoms with Gasteiger partial charge in [-0.15, -0.1) is 11.8 Å². The van der Waals surface area contributed by atoms with Crippen molar-refractivity contribution in [3.05, 3.63) is 0 Å². The Labute approximate surface area is 199 Å².